The SMILES string of the molecule is CC(=O)OC[C@H]1C[C@@H](n2nnc(C(N)=O)c2C#CCO)[C@H](OC(C)=O)C1. The Morgan fingerprint density at radius 3 is 2.62 bits per heavy atom. The van der Waals surface area contributed by atoms with Crippen LogP contribution in [0.25, 0.3) is 0 Å². The molecule has 0 radical (unpaired) electrons. The molecule has 26 heavy (non-hydrogen) atoms. The van der Waals surface area contributed by atoms with Gasteiger partial charge in [-0.1, -0.05) is 11.1 Å². The number of rotatable bonds is 5. The van der Waals surface area contributed by atoms with Crippen LogP contribution in [0.4, 0.5) is 0 Å². The van der Waals surface area contributed by atoms with Gasteiger partial charge in [-0.25, -0.2) is 4.68 Å². The van der Waals surface area contributed by atoms with Crippen molar-refractivity contribution in [1.82, 2.24) is 15.0 Å². The first-order valence-electron chi connectivity index (χ1n) is 7.98. The molecule has 0 unspecified atom stereocenters. The van der Waals surface area contributed by atoms with Gasteiger partial charge in [-0.2, -0.15) is 0 Å². The van der Waals surface area contributed by atoms with E-state index in [-0.39, 0.29) is 23.9 Å². The van der Waals surface area contributed by atoms with Gasteiger partial charge in [0.25, 0.3) is 5.91 Å². The Bertz CT molecular complexity index is 763. The third-order valence-corrected chi connectivity index (χ3v) is 3.94. The molecule has 1 aliphatic rings. The number of primary amides is 1. The lowest BCUT2D eigenvalue weighted by atomic mass is 10.1. The molecule has 2 rings (SSSR count). The lowest BCUT2D eigenvalue weighted by molar-refractivity contribution is -0.148. The number of carbonyl (C=O) groups excluding carboxylic acids is 3. The monoisotopic (exact) mass is 364 g/mol. The van der Waals surface area contributed by atoms with E-state index in [0.29, 0.717) is 12.8 Å². The summed E-state index contributed by atoms with van der Waals surface area (Å²) in [7, 11) is 0. The third-order valence-electron chi connectivity index (χ3n) is 3.94. The number of nitrogens with two attached hydrogens (primary N) is 1. The minimum atomic E-state index is -0.808. The summed E-state index contributed by atoms with van der Waals surface area (Å²) < 4.78 is 11.8. The van der Waals surface area contributed by atoms with Crippen LogP contribution in [0.1, 0.15) is 48.9 Å². The van der Waals surface area contributed by atoms with Crippen molar-refractivity contribution in [3.63, 3.8) is 0 Å². The molecule has 10 heteroatoms. The first-order valence-corrected chi connectivity index (χ1v) is 7.98. The molecular weight excluding hydrogens is 344 g/mol. The Morgan fingerprint density at radius 1 is 1.31 bits per heavy atom. The van der Waals surface area contributed by atoms with Crippen LogP contribution < -0.4 is 5.73 Å². The van der Waals surface area contributed by atoms with Gasteiger partial charge in [-0.05, 0) is 24.7 Å². The molecule has 0 aromatic carbocycles. The molecule has 1 saturated carbocycles. The Balaban J connectivity index is 2.34. The molecule has 1 amide bonds. The van der Waals surface area contributed by atoms with Crippen LogP contribution in [0.2, 0.25) is 0 Å². The van der Waals surface area contributed by atoms with Crippen LogP contribution in [-0.4, -0.2) is 57.3 Å². The summed E-state index contributed by atoms with van der Waals surface area (Å²) in [6, 6.07) is -0.456. The fourth-order valence-corrected chi connectivity index (χ4v) is 2.97. The molecule has 0 bridgehead atoms. The molecule has 10 nitrogen and oxygen atoms in total. The average Bonchev–Trinajstić information content (AvgIpc) is 3.13. The van der Waals surface area contributed by atoms with Gasteiger partial charge in [0.05, 0.1) is 12.6 Å². The van der Waals surface area contributed by atoms with E-state index in [1.165, 1.54) is 18.5 Å². The molecule has 0 spiro atoms. The highest BCUT2D eigenvalue weighted by molar-refractivity contribution is 5.92. The van der Waals surface area contributed by atoms with Crippen LogP contribution >= 0.6 is 0 Å². The number of amides is 1. The summed E-state index contributed by atoms with van der Waals surface area (Å²) in [6.07, 6.45) is 0.377. The second kappa shape index (κ2) is 8.44. The van der Waals surface area contributed by atoms with Gasteiger partial charge in [0.1, 0.15) is 18.4 Å². The highest BCUT2D eigenvalue weighted by atomic mass is 16.5. The van der Waals surface area contributed by atoms with Gasteiger partial charge < -0.3 is 20.3 Å². The Hall–Kier alpha value is -2.93. The van der Waals surface area contributed by atoms with E-state index >= 15 is 0 Å². The van der Waals surface area contributed by atoms with Gasteiger partial charge >= 0.3 is 11.9 Å². The molecule has 3 N–H and O–H groups in total. The van der Waals surface area contributed by atoms with Gasteiger partial charge in [0.2, 0.25) is 0 Å². The maximum Gasteiger partial charge on any atom is 0.302 e. The average molecular weight is 364 g/mol. The molecule has 3 atom stereocenters. The van der Waals surface area contributed by atoms with E-state index in [1.54, 1.807) is 0 Å². The summed E-state index contributed by atoms with van der Waals surface area (Å²) in [5, 5.41) is 16.6. The number of aliphatic hydroxyl groups is 1. The molecule has 1 aromatic heterocycles. The van der Waals surface area contributed by atoms with Gasteiger partial charge in [-0.3, -0.25) is 14.4 Å². The number of hydrogen-bond donors (Lipinski definition) is 2. The zero-order valence-electron chi connectivity index (χ0n) is 14.5. The standard InChI is InChI=1S/C16H20N4O6/c1-9(22)25-8-11-6-13(14(7-11)26-10(2)23)20-12(4-3-5-21)15(16(17)24)18-19-20/h11,13-14,21H,5-8H2,1-2H3,(H2,17,24)/t11-,13+,14+/m0/s1. The van der Waals surface area contributed by atoms with E-state index in [4.69, 9.17) is 20.3 Å². The number of hydrogen-bond acceptors (Lipinski definition) is 8. The quantitative estimate of drug-likeness (QED) is 0.508. The molecule has 0 saturated heterocycles. The Labute approximate surface area is 149 Å². The van der Waals surface area contributed by atoms with Gasteiger partial charge in [-0.15, -0.1) is 5.10 Å². The first-order chi connectivity index (χ1) is 12.3. The molecular formula is C16H20N4O6. The van der Waals surface area contributed by atoms with Crippen LogP contribution in [0.5, 0.6) is 0 Å². The number of esters is 2. The maximum atomic E-state index is 11.5. The van der Waals surface area contributed by atoms with Crippen LogP contribution in [-0.2, 0) is 19.1 Å². The first kappa shape index (κ1) is 19.4. The van der Waals surface area contributed by atoms with E-state index in [0.717, 1.165) is 0 Å². The van der Waals surface area contributed by atoms with Crippen molar-refractivity contribution in [1.29, 1.82) is 0 Å². The van der Waals surface area contributed by atoms with Crippen LogP contribution in [0.3, 0.4) is 0 Å². The van der Waals surface area contributed by atoms with Crippen molar-refractivity contribution in [3.8, 4) is 11.8 Å². The topological polar surface area (TPSA) is 147 Å². The molecule has 140 valence electrons. The van der Waals surface area contributed by atoms with E-state index in [2.05, 4.69) is 22.2 Å². The fraction of sp³-hybridized carbons (Fsp3) is 0.562. The largest absolute Gasteiger partial charge is 0.466 e. The second-order valence-corrected chi connectivity index (χ2v) is 5.91. The van der Waals surface area contributed by atoms with E-state index in [9.17, 15) is 14.4 Å². The molecule has 0 aliphatic heterocycles. The summed E-state index contributed by atoms with van der Waals surface area (Å²) in [6.45, 7) is 2.36. The van der Waals surface area contributed by atoms with Gasteiger partial charge in [0.15, 0.2) is 5.69 Å². The summed E-state index contributed by atoms with van der Waals surface area (Å²) >= 11 is 0. The predicted molar refractivity (Wildman–Crippen MR) is 86.5 cm³/mol. The van der Waals surface area contributed by atoms with Gasteiger partial charge in [0, 0.05) is 13.8 Å². The molecule has 1 fully saturated rings. The highest BCUT2D eigenvalue weighted by Crippen LogP contribution is 2.37. The number of carbonyl (C=O) groups is 3. The lowest BCUT2D eigenvalue weighted by Crippen LogP contribution is -2.26. The third kappa shape index (κ3) is 4.58. The van der Waals surface area contributed by atoms with Crippen molar-refractivity contribution < 1.29 is 29.0 Å². The predicted octanol–water partition coefficient (Wildman–Crippen LogP) is -0.833. The number of aliphatic hydroxyl groups excluding tert-OH is 1. The molecule has 1 aliphatic carbocycles. The fourth-order valence-electron chi connectivity index (χ4n) is 2.97. The minimum absolute atomic E-state index is 0.0619. The summed E-state index contributed by atoms with van der Waals surface area (Å²) in [5.41, 5.74) is 5.31. The smallest absolute Gasteiger partial charge is 0.302 e. The number of nitrogens with zero attached hydrogens (tertiary/aromatic N) is 3. The van der Waals surface area contributed by atoms with E-state index in [1.807, 2.05) is 0 Å². The second-order valence-electron chi connectivity index (χ2n) is 5.91. The highest BCUT2D eigenvalue weighted by Gasteiger charge is 2.40. The van der Waals surface area contributed by atoms with Crippen LogP contribution in [0.15, 0.2) is 0 Å². The van der Waals surface area contributed by atoms with Crippen molar-refractivity contribution in [2.45, 2.75) is 38.8 Å². The number of ether oxygens (including phenoxy) is 2. The van der Waals surface area contributed by atoms with Crippen molar-refractivity contribution in [2.24, 2.45) is 11.7 Å². The lowest BCUT2D eigenvalue weighted by Gasteiger charge is -2.19. The normalized spacial score (nSPS) is 21.6. The Morgan fingerprint density at radius 2 is 2.04 bits per heavy atom. The zero-order valence-corrected chi connectivity index (χ0v) is 14.5. The molecule has 1 heterocycles. The minimum Gasteiger partial charge on any atom is -0.466 e. The van der Waals surface area contributed by atoms with Crippen LogP contribution in [0, 0.1) is 17.8 Å². The summed E-state index contributed by atoms with van der Waals surface area (Å²) in [4.78, 5) is 34.0. The van der Waals surface area contributed by atoms with Crippen molar-refractivity contribution in [2.75, 3.05) is 13.2 Å². The van der Waals surface area contributed by atoms with Crippen molar-refractivity contribution >= 4 is 17.8 Å². The molecule has 1 aromatic rings. The van der Waals surface area contributed by atoms with E-state index < -0.39 is 36.6 Å². The maximum absolute atomic E-state index is 11.5. The summed E-state index contributed by atoms with van der Waals surface area (Å²) in [5.74, 6) is 3.32. The van der Waals surface area contributed by atoms with Crippen molar-refractivity contribution in [3.05, 3.63) is 11.4 Å². The number of aromatic nitrogens is 3. The zero-order chi connectivity index (χ0) is 19.3. The Kier molecular flexibility index (Phi) is 6.30.